The molecule has 4 N–H and O–H groups in total. The molecule has 29 heavy (non-hydrogen) atoms. The normalized spacial score (nSPS) is 28.4. The first-order valence-electron chi connectivity index (χ1n) is 9.62. The maximum Gasteiger partial charge on any atom is 0.224 e. The fourth-order valence-electron chi connectivity index (χ4n) is 3.69. The van der Waals surface area contributed by atoms with E-state index in [9.17, 15) is 15.0 Å². The Balaban J connectivity index is 1.45. The maximum absolute atomic E-state index is 12.9. The number of carbonyl (C=O) groups is 1. The molecule has 1 aromatic carbocycles. The number of hydrogen-bond acceptors (Lipinski definition) is 7. The number of aliphatic hydroxyl groups excluding tert-OH is 2. The number of rotatable bonds is 4. The molecule has 2 aromatic rings. The van der Waals surface area contributed by atoms with Crippen LogP contribution in [0.25, 0.3) is 0 Å². The van der Waals surface area contributed by atoms with E-state index in [0.717, 1.165) is 16.8 Å². The summed E-state index contributed by atoms with van der Waals surface area (Å²) in [6, 6.07) is 11.1. The maximum atomic E-state index is 12.9. The van der Waals surface area contributed by atoms with Crippen LogP contribution in [0.5, 0.6) is 0 Å². The number of benzene rings is 1. The highest BCUT2D eigenvalue weighted by Gasteiger charge is 2.50. The van der Waals surface area contributed by atoms with Crippen molar-refractivity contribution < 1.29 is 15.0 Å². The molecule has 1 aliphatic carbocycles. The number of aromatic nitrogens is 1. The minimum atomic E-state index is -0.979. The van der Waals surface area contributed by atoms with Crippen molar-refractivity contribution in [3.05, 3.63) is 59.9 Å². The minimum absolute atomic E-state index is 0.144. The molecule has 4 rings (SSSR count). The standard InChI is InChI=1S/C21H24N4O3S/c1-12-4-6-14(7-5-12)24-21-25-17-18(27)16(26)9-15(19(17)29-21)20(28)23-11-13-3-2-8-22-10-13/h2-8,10,15-19,26-27H,9,11H2,1H3,(H,23,28)(H,24,25)/t15-,16+,17-,18-,19+/m0/s1. The van der Waals surface area contributed by atoms with Gasteiger partial charge in [0.05, 0.1) is 18.1 Å². The van der Waals surface area contributed by atoms with Gasteiger partial charge in [-0.3, -0.25) is 14.8 Å². The van der Waals surface area contributed by atoms with Gasteiger partial charge in [-0.2, -0.15) is 0 Å². The number of aliphatic hydroxyl groups is 2. The zero-order valence-corrected chi connectivity index (χ0v) is 16.8. The third-order valence-electron chi connectivity index (χ3n) is 5.32. The van der Waals surface area contributed by atoms with Crippen LogP contribution in [0, 0.1) is 12.8 Å². The fraction of sp³-hybridized carbons (Fsp3) is 0.381. The van der Waals surface area contributed by atoms with Gasteiger partial charge >= 0.3 is 0 Å². The second kappa shape index (κ2) is 8.52. The summed E-state index contributed by atoms with van der Waals surface area (Å²) in [6.07, 6.45) is 1.64. The van der Waals surface area contributed by atoms with E-state index in [4.69, 9.17) is 0 Å². The van der Waals surface area contributed by atoms with Gasteiger partial charge in [0.15, 0.2) is 5.17 Å². The molecule has 2 heterocycles. The molecule has 1 aliphatic heterocycles. The number of amides is 1. The van der Waals surface area contributed by atoms with Crippen LogP contribution in [0.4, 0.5) is 5.69 Å². The number of nitrogens with one attached hydrogen (secondary N) is 2. The lowest BCUT2D eigenvalue weighted by atomic mass is 9.81. The molecule has 8 heteroatoms. The quantitative estimate of drug-likeness (QED) is 0.609. The molecule has 7 nitrogen and oxygen atoms in total. The predicted octanol–water partition coefficient (Wildman–Crippen LogP) is 1.70. The van der Waals surface area contributed by atoms with Crippen LogP contribution >= 0.6 is 11.8 Å². The van der Waals surface area contributed by atoms with Gasteiger partial charge in [-0.25, -0.2) is 0 Å². The smallest absolute Gasteiger partial charge is 0.224 e. The Bertz CT molecular complexity index is 891. The minimum Gasteiger partial charge on any atom is -0.390 e. The highest BCUT2D eigenvalue weighted by Crippen LogP contribution is 2.41. The molecular formula is C21H24N4O3S. The highest BCUT2D eigenvalue weighted by molar-refractivity contribution is 8.15. The summed E-state index contributed by atoms with van der Waals surface area (Å²) in [5.41, 5.74) is 2.97. The zero-order chi connectivity index (χ0) is 20.4. The Morgan fingerprint density at radius 2 is 2.03 bits per heavy atom. The van der Waals surface area contributed by atoms with E-state index in [0.29, 0.717) is 11.7 Å². The summed E-state index contributed by atoms with van der Waals surface area (Å²) in [7, 11) is 0. The number of aliphatic imine (C=N–C) groups is 1. The summed E-state index contributed by atoms with van der Waals surface area (Å²) in [6.45, 7) is 2.39. The Hall–Kier alpha value is -2.42. The van der Waals surface area contributed by atoms with Crippen molar-refractivity contribution in [2.45, 2.75) is 43.4 Å². The van der Waals surface area contributed by atoms with Gasteiger partial charge in [0.25, 0.3) is 0 Å². The molecule has 1 aromatic heterocycles. The van der Waals surface area contributed by atoms with E-state index >= 15 is 0 Å². The van der Waals surface area contributed by atoms with Gasteiger partial charge in [-0.1, -0.05) is 35.5 Å². The van der Waals surface area contributed by atoms with Crippen molar-refractivity contribution in [1.82, 2.24) is 10.3 Å². The molecule has 1 amide bonds. The van der Waals surface area contributed by atoms with Crippen LogP contribution in [0.3, 0.4) is 0 Å². The van der Waals surface area contributed by atoms with Crippen LogP contribution in [-0.4, -0.2) is 49.8 Å². The number of pyridine rings is 1. The first-order chi connectivity index (χ1) is 14.0. The molecular weight excluding hydrogens is 388 g/mol. The van der Waals surface area contributed by atoms with E-state index in [2.05, 4.69) is 20.6 Å². The lowest BCUT2D eigenvalue weighted by Crippen LogP contribution is -2.53. The number of aryl methyl sites for hydroxylation is 1. The second-order valence-electron chi connectivity index (χ2n) is 7.48. The molecule has 2 aliphatic rings. The summed E-state index contributed by atoms with van der Waals surface area (Å²) in [4.78, 5) is 21.5. The first kappa shape index (κ1) is 19.9. The molecule has 0 unspecified atom stereocenters. The topological polar surface area (TPSA) is 107 Å². The summed E-state index contributed by atoms with van der Waals surface area (Å²) >= 11 is 1.45. The summed E-state index contributed by atoms with van der Waals surface area (Å²) in [5.74, 6) is -0.588. The lowest BCUT2D eigenvalue weighted by Gasteiger charge is -2.37. The van der Waals surface area contributed by atoms with Crippen LogP contribution in [-0.2, 0) is 11.3 Å². The van der Waals surface area contributed by atoms with Crippen molar-refractivity contribution in [2.24, 2.45) is 10.9 Å². The van der Waals surface area contributed by atoms with Crippen molar-refractivity contribution in [2.75, 3.05) is 5.32 Å². The molecule has 1 fully saturated rings. The molecule has 1 saturated carbocycles. The van der Waals surface area contributed by atoms with Crippen molar-refractivity contribution in [1.29, 1.82) is 0 Å². The van der Waals surface area contributed by atoms with Gasteiger partial charge in [-0.05, 0) is 37.1 Å². The van der Waals surface area contributed by atoms with E-state index in [1.54, 1.807) is 12.4 Å². The largest absolute Gasteiger partial charge is 0.390 e. The highest BCUT2D eigenvalue weighted by atomic mass is 32.2. The average Bonchev–Trinajstić information content (AvgIpc) is 3.15. The molecule has 0 spiro atoms. The van der Waals surface area contributed by atoms with Crippen molar-refractivity contribution in [3.63, 3.8) is 0 Å². The van der Waals surface area contributed by atoms with Crippen LogP contribution in [0.15, 0.2) is 53.8 Å². The second-order valence-corrected chi connectivity index (χ2v) is 8.64. The first-order valence-corrected chi connectivity index (χ1v) is 10.5. The lowest BCUT2D eigenvalue weighted by molar-refractivity contribution is -0.129. The van der Waals surface area contributed by atoms with Gasteiger partial charge < -0.3 is 20.8 Å². The summed E-state index contributed by atoms with van der Waals surface area (Å²) in [5, 5.41) is 27.4. The third-order valence-corrected chi connectivity index (χ3v) is 6.63. The van der Waals surface area contributed by atoms with Gasteiger partial charge in [0.2, 0.25) is 5.91 Å². The monoisotopic (exact) mass is 412 g/mol. The van der Waals surface area contributed by atoms with E-state index < -0.39 is 24.2 Å². The number of amidine groups is 1. The summed E-state index contributed by atoms with van der Waals surface area (Å²) < 4.78 is 0. The molecule has 0 radical (unpaired) electrons. The number of carbonyl (C=O) groups excluding carboxylic acids is 1. The molecule has 152 valence electrons. The number of thioether (sulfide) groups is 1. The molecule has 5 atom stereocenters. The Labute approximate surface area is 173 Å². The Kier molecular flexibility index (Phi) is 5.84. The SMILES string of the molecule is Cc1ccc(NC2=N[C@H]3[C@@H](O)[C@H](O)C[C@H](C(=O)NCc4cccnc4)[C@H]3S2)cc1. The van der Waals surface area contributed by atoms with E-state index in [-0.39, 0.29) is 17.6 Å². The van der Waals surface area contributed by atoms with Crippen LogP contribution in [0.1, 0.15) is 17.5 Å². The fourth-order valence-corrected chi connectivity index (χ4v) is 5.07. The Morgan fingerprint density at radius 1 is 1.24 bits per heavy atom. The van der Waals surface area contributed by atoms with Crippen LogP contribution < -0.4 is 10.6 Å². The van der Waals surface area contributed by atoms with Crippen molar-refractivity contribution >= 4 is 28.5 Å². The van der Waals surface area contributed by atoms with Crippen LogP contribution in [0.2, 0.25) is 0 Å². The molecule has 0 saturated heterocycles. The number of fused-ring (bicyclic) bond motifs is 1. The number of nitrogens with zero attached hydrogens (tertiary/aromatic N) is 2. The number of hydrogen-bond donors (Lipinski definition) is 4. The number of anilines is 1. The molecule has 0 bridgehead atoms. The third kappa shape index (κ3) is 4.44. The Morgan fingerprint density at radius 3 is 2.76 bits per heavy atom. The van der Waals surface area contributed by atoms with Crippen molar-refractivity contribution in [3.8, 4) is 0 Å². The van der Waals surface area contributed by atoms with Gasteiger partial charge in [0, 0.05) is 29.9 Å². The average molecular weight is 413 g/mol. The van der Waals surface area contributed by atoms with E-state index in [1.165, 1.54) is 11.8 Å². The van der Waals surface area contributed by atoms with Gasteiger partial charge in [-0.15, -0.1) is 0 Å². The predicted molar refractivity (Wildman–Crippen MR) is 114 cm³/mol. The zero-order valence-electron chi connectivity index (χ0n) is 16.0. The van der Waals surface area contributed by atoms with Gasteiger partial charge in [0.1, 0.15) is 6.10 Å². The van der Waals surface area contributed by atoms with E-state index in [1.807, 2.05) is 43.3 Å².